The van der Waals surface area contributed by atoms with Crippen molar-refractivity contribution in [2.45, 2.75) is 90.8 Å². The Kier molecular flexibility index (Phi) is 13.8. The van der Waals surface area contributed by atoms with Crippen LogP contribution in [0.5, 0.6) is 17.2 Å². The van der Waals surface area contributed by atoms with E-state index in [2.05, 4.69) is 6.92 Å². The molecule has 0 radical (unpaired) electrons. The Labute approximate surface area is 281 Å². The molecule has 3 aromatic rings. The first-order chi connectivity index (χ1) is 23.0. The van der Waals surface area contributed by atoms with E-state index in [-0.39, 0.29) is 22.8 Å². The highest BCUT2D eigenvalue weighted by Gasteiger charge is 2.41. The van der Waals surface area contributed by atoms with Crippen LogP contribution in [0, 0.1) is 0 Å². The first-order valence-electron chi connectivity index (χ1n) is 16.4. The third-order valence-electron chi connectivity index (χ3n) is 8.88. The lowest BCUT2D eigenvalue weighted by Gasteiger charge is -2.44. The Morgan fingerprint density at radius 2 is 0.980 bits per heavy atom. The monoisotopic (exact) mass is 706 g/mol. The molecule has 0 heterocycles. The lowest BCUT2D eigenvalue weighted by atomic mass is 9.92. The number of rotatable bonds is 17. The quantitative estimate of drug-likeness (QED) is 0.0605. The number of halogens is 9. The lowest BCUT2D eigenvalue weighted by molar-refractivity contribution is -0.953. The Bertz CT molecular complexity index is 1370. The van der Waals surface area contributed by atoms with Gasteiger partial charge in [-0.3, -0.25) is 0 Å². The summed E-state index contributed by atoms with van der Waals surface area (Å²) in [6.07, 6.45) is -8.74. The van der Waals surface area contributed by atoms with Gasteiger partial charge in [0.25, 0.3) is 0 Å². The SMILES string of the molecule is CCCCCCCC(c1cc(C(F)(F)F)ccc1OB(Oc1ccc(C(F)(F)F)cc1)Oc1ccc(C(F)(F)F)cc1)[N+](CC)(CC)CC. The molecule has 3 aromatic carbocycles. The van der Waals surface area contributed by atoms with E-state index >= 15 is 0 Å². The van der Waals surface area contributed by atoms with E-state index in [0.717, 1.165) is 98.8 Å². The second-order valence-corrected chi connectivity index (χ2v) is 11.8. The Morgan fingerprint density at radius 3 is 1.39 bits per heavy atom. The number of hydrogen-bond acceptors (Lipinski definition) is 3. The van der Waals surface area contributed by atoms with Crippen LogP contribution in [0.1, 0.15) is 94.5 Å². The maximum Gasteiger partial charge on any atom is 0.864 e. The number of nitrogens with zero attached hydrogens (tertiary/aromatic N) is 1. The molecular formula is C35H42BF9NO3+. The van der Waals surface area contributed by atoms with Gasteiger partial charge in [0, 0.05) is 6.42 Å². The van der Waals surface area contributed by atoms with E-state index in [1.165, 1.54) is 0 Å². The minimum Gasteiger partial charge on any atom is -0.490 e. The summed E-state index contributed by atoms with van der Waals surface area (Å²) in [6, 6.07) is 9.69. The number of alkyl halides is 9. The molecule has 1 unspecified atom stereocenters. The van der Waals surface area contributed by atoms with Crippen LogP contribution in [0.25, 0.3) is 0 Å². The predicted molar refractivity (Wildman–Crippen MR) is 170 cm³/mol. The summed E-state index contributed by atoms with van der Waals surface area (Å²) in [5.41, 5.74) is -2.56. The molecule has 0 spiro atoms. The highest BCUT2D eigenvalue weighted by Crippen LogP contribution is 2.42. The highest BCUT2D eigenvalue weighted by atomic mass is 19.4. The average Bonchev–Trinajstić information content (AvgIpc) is 3.04. The van der Waals surface area contributed by atoms with Crippen LogP contribution in [0.15, 0.2) is 66.7 Å². The molecule has 1 atom stereocenters. The third-order valence-corrected chi connectivity index (χ3v) is 8.88. The van der Waals surface area contributed by atoms with Crippen LogP contribution in [0.2, 0.25) is 0 Å². The maximum absolute atomic E-state index is 14.1. The van der Waals surface area contributed by atoms with Crippen molar-refractivity contribution in [2.24, 2.45) is 0 Å². The summed E-state index contributed by atoms with van der Waals surface area (Å²) in [5.74, 6) is -0.313. The molecule has 270 valence electrons. The van der Waals surface area contributed by atoms with Crippen LogP contribution in [0.3, 0.4) is 0 Å². The summed E-state index contributed by atoms with van der Waals surface area (Å²) in [7, 11) is -1.82. The van der Waals surface area contributed by atoms with Crippen molar-refractivity contribution in [2.75, 3.05) is 19.6 Å². The number of unbranched alkanes of at least 4 members (excludes halogenated alkanes) is 4. The minimum atomic E-state index is -4.67. The van der Waals surface area contributed by atoms with Crippen LogP contribution >= 0.6 is 0 Å². The normalized spacial score (nSPS) is 13.2. The molecule has 0 bridgehead atoms. The molecule has 0 aromatic heterocycles. The second kappa shape index (κ2) is 16.9. The van der Waals surface area contributed by atoms with Crippen molar-refractivity contribution in [3.05, 3.63) is 89.0 Å². The van der Waals surface area contributed by atoms with Gasteiger partial charge in [-0.25, -0.2) is 0 Å². The molecule has 49 heavy (non-hydrogen) atoms. The lowest BCUT2D eigenvalue weighted by Crippen LogP contribution is -2.50. The predicted octanol–water partition coefficient (Wildman–Crippen LogP) is 11.5. The smallest absolute Gasteiger partial charge is 0.490 e. The molecule has 0 aliphatic heterocycles. The Balaban J connectivity index is 2.12. The first kappa shape index (κ1) is 39.9. The van der Waals surface area contributed by atoms with E-state index in [9.17, 15) is 39.5 Å². The molecular weight excluding hydrogens is 664 g/mol. The van der Waals surface area contributed by atoms with E-state index in [0.29, 0.717) is 30.5 Å². The van der Waals surface area contributed by atoms with Crippen molar-refractivity contribution in [3.63, 3.8) is 0 Å². The van der Waals surface area contributed by atoms with Crippen molar-refractivity contribution >= 4 is 7.32 Å². The van der Waals surface area contributed by atoms with Crippen molar-refractivity contribution < 1.29 is 58.0 Å². The topological polar surface area (TPSA) is 27.7 Å². The zero-order valence-electron chi connectivity index (χ0n) is 27.9. The van der Waals surface area contributed by atoms with Gasteiger partial charge in [-0.1, -0.05) is 32.6 Å². The molecule has 0 N–H and O–H groups in total. The van der Waals surface area contributed by atoms with Crippen molar-refractivity contribution in [3.8, 4) is 17.2 Å². The largest absolute Gasteiger partial charge is 0.864 e. The molecule has 0 aliphatic carbocycles. The summed E-state index contributed by atoms with van der Waals surface area (Å²) in [5, 5.41) is 0. The fourth-order valence-corrected chi connectivity index (χ4v) is 5.93. The Morgan fingerprint density at radius 1 is 0.551 bits per heavy atom. The van der Waals surface area contributed by atoms with Gasteiger partial charge in [0.1, 0.15) is 23.3 Å². The summed E-state index contributed by atoms with van der Waals surface area (Å²) in [6.45, 7) is 9.81. The van der Waals surface area contributed by atoms with Crippen LogP contribution in [-0.2, 0) is 18.5 Å². The number of benzene rings is 3. The molecule has 14 heteroatoms. The van der Waals surface area contributed by atoms with Gasteiger partial charge >= 0.3 is 25.9 Å². The minimum absolute atomic E-state index is 0.0202. The maximum atomic E-state index is 14.1. The van der Waals surface area contributed by atoms with Gasteiger partial charge in [0.2, 0.25) is 0 Å². The van der Waals surface area contributed by atoms with E-state index in [1.54, 1.807) is 0 Å². The van der Waals surface area contributed by atoms with Gasteiger partial charge in [-0.2, -0.15) is 39.5 Å². The third kappa shape index (κ3) is 11.0. The molecule has 0 fully saturated rings. The van der Waals surface area contributed by atoms with E-state index < -0.39 is 48.6 Å². The van der Waals surface area contributed by atoms with Crippen LogP contribution < -0.4 is 14.0 Å². The van der Waals surface area contributed by atoms with Crippen LogP contribution in [-0.4, -0.2) is 31.4 Å². The standard InChI is InChI=1S/C35H42BF9NO3/c1-5-9-10-11-12-13-31(46(6-2,7-3)8-4)30-24-27(35(43,44)45)18-23-32(30)49-36(47-28-19-14-25(15-20-28)33(37,38)39)48-29-21-16-26(17-22-29)34(40,41)42/h14-24,31H,5-13H2,1-4H3/q+1. The summed E-state index contributed by atoms with van der Waals surface area (Å²) in [4.78, 5) is 0. The molecule has 0 amide bonds. The van der Waals surface area contributed by atoms with Gasteiger partial charge in [0.15, 0.2) is 0 Å². The van der Waals surface area contributed by atoms with Crippen LogP contribution in [0.4, 0.5) is 39.5 Å². The van der Waals surface area contributed by atoms with Gasteiger partial charge in [0.05, 0.1) is 41.9 Å². The zero-order chi connectivity index (χ0) is 36.5. The fraction of sp³-hybridized carbons (Fsp3) is 0.486. The van der Waals surface area contributed by atoms with E-state index in [1.807, 2.05) is 20.8 Å². The molecule has 0 aliphatic rings. The molecule has 0 saturated carbocycles. The fourth-order valence-electron chi connectivity index (χ4n) is 5.93. The molecule has 3 rings (SSSR count). The molecule has 0 saturated heterocycles. The summed E-state index contributed by atoms with van der Waals surface area (Å²) < 4.78 is 140. The van der Waals surface area contributed by atoms with Gasteiger partial charge in [-0.05, 0) is 93.9 Å². The Hall–Kier alpha value is -3.55. The summed E-state index contributed by atoms with van der Waals surface area (Å²) >= 11 is 0. The van der Waals surface area contributed by atoms with Crippen molar-refractivity contribution in [1.82, 2.24) is 0 Å². The van der Waals surface area contributed by atoms with Gasteiger partial charge in [-0.15, -0.1) is 0 Å². The average molecular weight is 707 g/mol. The number of quaternary nitrogens is 1. The highest BCUT2D eigenvalue weighted by molar-refractivity contribution is 6.39. The molecule has 4 nitrogen and oxygen atoms in total. The first-order valence-corrected chi connectivity index (χ1v) is 16.4. The van der Waals surface area contributed by atoms with E-state index in [4.69, 9.17) is 14.0 Å². The second-order valence-electron chi connectivity index (χ2n) is 11.8. The van der Waals surface area contributed by atoms with Gasteiger partial charge < -0.3 is 18.4 Å². The van der Waals surface area contributed by atoms with Crippen molar-refractivity contribution in [1.29, 1.82) is 0 Å². The zero-order valence-corrected chi connectivity index (χ0v) is 27.9. The number of hydrogen-bond donors (Lipinski definition) is 0.